The zero-order valence-electron chi connectivity index (χ0n) is 9.03. The van der Waals surface area contributed by atoms with Gasteiger partial charge in [0.25, 0.3) is 5.91 Å². The second-order valence-electron chi connectivity index (χ2n) is 3.24. The molecule has 2 rings (SSSR count). The van der Waals surface area contributed by atoms with Gasteiger partial charge >= 0.3 is 0 Å². The van der Waals surface area contributed by atoms with Gasteiger partial charge in [0.1, 0.15) is 5.75 Å². The second kappa shape index (κ2) is 4.88. The Morgan fingerprint density at radius 3 is 3.00 bits per heavy atom. The van der Waals surface area contributed by atoms with Crippen LogP contribution in [-0.4, -0.2) is 23.0 Å². The highest BCUT2D eigenvalue weighted by atomic mass is 35.5. The third kappa shape index (κ3) is 2.57. The van der Waals surface area contributed by atoms with Crippen LogP contribution in [0.25, 0.3) is 0 Å². The molecule has 0 bridgehead atoms. The van der Waals surface area contributed by atoms with Crippen LogP contribution in [0.1, 0.15) is 10.6 Å². The first-order valence-electron chi connectivity index (χ1n) is 4.85. The number of rotatable bonds is 3. The lowest BCUT2D eigenvalue weighted by Gasteiger charge is -2.09. The summed E-state index contributed by atoms with van der Waals surface area (Å²) in [5.41, 5.74) is 0.501. The number of anilines is 1. The van der Waals surface area contributed by atoms with Gasteiger partial charge in [0.2, 0.25) is 0 Å². The number of amides is 1. The predicted molar refractivity (Wildman–Crippen MR) is 64.5 cm³/mol. The Morgan fingerprint density at radius 1 is 1.53 bits per heavy atom. The van der Waals surface area contributed by atoms with Gasteiger partial charge in [0, 0.05) is 17.4 Å². The molecule has 0 aliphatic rings. The van der Waals surface area contributed by atoms with E-state index in [1.165, 1.54) is 13.3 Å². The minimum atomic E-state index is -0.351. The van der Waals surface area contributed by atoms with E-state index in [-0.39, 0.29) is 11.7 Å². The molecule has 2 N–H and O–H groups in total. The lowest BCUT2D eigenvalue weighted by Crippen LogP contribution is -2.14. The van der Waals surface area contributed by atoms with Crippen molar-refractivity contribution in [3.05, 3.63) is 41.4 Å². The summed E-state index contributed by atoms with van der Waals surface area (Å²) in [5, 5.41) is 3.18. The van der Waals surface area contributed by atoms with Crippen molar-refractivity contribution in [2.75, 3.05) is 12.4 Å². The number of nitrogens with zero attached hydrogens (tertiary/aromatic N) is 1. The predicted octanol–water partition coefficient (Wildman–Crippen LogP) is 2.32. The summed E-state index contributed by atoms with van der Waals surface area (Å²) in [5.74, 6) is 0.414. The topological polar surface area (TPSA) is 67.0 Å². The molecule has 1 aromatic carbocycles. The van der Waals surface area contributed by atoms with Crippen LogP contribution in [-0.2, 0) is 0 Å². The Morgan fingerprint density at radius 2 is 2.35 bits per heavy atom. The van der Waals surface area contributed by atoms with Crippen LogP contribution in [0.2, 0.25) is 5.02 Å². The van der Waals surface area contributed by atoms with Gasteiger partial charge in [-0.3, -0.25) is 4.79 Å². The average molecular weight is 252 g/mol. The molecule has 88 valence electrons. The van der Waals surface area contributed by atoms with Gasteiger partial charge in [-0.05, 0) is 18.2 Å². The van der Waals surface area contributed by atoms with Gasteiger partial charge in [-0.2, -0.15) is 0 Å². The Bertz CT molecular complexity index is 526. The Labute approximate surface area is 103 Å². The molecule has 0 aliphatic heterocycles. The molecule has 2 aromatic rings. The number of hydrogen-bond donors (Lipinski definition) is 2. The standard InChI is InChI=1S/C11H10ClN3O2/c1-17-9-3-2-7(12)6-8(9)15-11(16)10-13-4-5-14-10/h2-6H,1H3,(H,13,14)(H,15,16). The van der Waals surface area contributed by atoms with Crippen molar-refractivity contribution in [2.24, 2.45) is 0 Å². The molecule has 1 heterocycles. The summed E-state index contributed by atoms with van der Waals surface area (Å²) in [6.45, 7) is 0. The largest absolute Gasteiger partial charge is 0.495 e. The van der Waals surface area contributed by atoms with E-state index in [2.05, 4.69) is 15.3 Å². The minimum Gasteiger partial charge on any atom is -0.495 e. The maximum atomic E-state index is 11.8. The number of benzene rings is 1. The number of carbonyl (C=O) groups is 1. The summed E-state index contributed by atoms with van der Waals surface area (Å²) in [7, 11) is 1.52. The van der Waals surface area contributed by atoms with Crippen molar-refractivity contribution < 1.29 is 9.53 Å². The summed E-state index contributed by atoms with van der Waals surface area (Å²) in [4.78, 5) is 18.3. The molecule has 1 amide bonds. The number of hydrogen-bond acceptors (Lipinski definition) is 3. The quantitative estimate of drug-likeness (QED) is 0.880. The van der Waals surface area contributed by atoms with E-state index in [9.17, 15) is 4.79 Å². The molecule has 0 saturated carbocycles. The zero-order chi connectivity index (χ0) is 12.3. The van der Waals surface area contributed by atoms with Crippen LogP contribution >= 0.6 is 11.6 Å². The number of imidazole rings is 1. The highest BCUT2D eigenvalue weighted by Gasteiger charge is 2.11. The Balaban J connectivity index is 2.23. The third-order valence-corrected chi connectivity index (χ3v) is 2.36. The molecular formula is C11H10ClN3O2. The summed E-state index contributed by atoms with van der Waals surface area (Å²) < 4.78 is 5.11. The molecule has 6 heteroatoms. The van der Waals surface area contributed by atoms with E-state index in [4.69, 9.17) is 16.3 Å². The molecule has 0 saturated heterocycles. The van der Waals surface area contributed by atoms with Crippen LogP contribution in [0.4, 0.5) is 5.69 Å². The molecule has 5 nitrogen and oxygen atoms in total. The molecule has 0 radical (unpaired) electrons. The van der Waals surface area contributed by atoms with E-state index < -0.39 is 0 Å². The fourth-order valence-electron chi connectivity index (χ4n) is 1.35. The second-order valence-corrected chi connectivity index (χ2v) is 3.67. The smallest absolute Gasteiger partial charge is 0.291 e. The number of nitrogens with one attached hydrogen (secondary N) is 2. The Hall–Kier alpha value is -2.01. The van der Waals surface area contributed by atoms with Crippen molar-refractivity contribution in [3.8, 4) is 5.75 Å². The number of methoxy groups -OCH3 is 1. The molecule has 17 heavy (non-hydrogen) atoms. The molecule has 0 unspecified atom stereocenters. The van der Waals surface area contributed by atoms with Gasteiger partial charge in [-0.25, -0.2) is 4.98 Å². The number of halogens is 1. The van der Waals surface area contributed by atoms with E-state index in [0.29, 0.717) is 16.5 Å². The van der Waals surface area contributed by atoms with Crippen molar-refractivity contribution in [1.29, 1.82) is 0 Å². The summed E-state index contributed by atoms with van der Waals surface area (Å²) in [6, 6.07) is 4.98. The van der Waals surface area contributed by atoms with Crippen LogP contribution in [0.5, 0.6) is 5.75 Å². The van der Waals surface area contributed by atoms with E-state index in [1.54, 1.807) is 24.4 Å². The fourth-order valence-corrected chi connectivity index (χ4v) is 1.52. The van der Waals surface area contributed by atoms with Gasteiger partial charge in [0.15, 0.2) is 5.82 Å². The lowest BCUT2D eigenvalue weighted by molar-refractivity contribution is 0.101. The molecule has 0 spiro atoms. The van der Waals surface area contributed by atoms with E-state index in [1.807, 2.05) is 0 Å². The van der Waals surface area contributed by atoms with Gasteiger partial charge in [-0.1, -0.05) is 11.6 Å². The Kier molecular flexibility index (Phi) is 3.30. The molecule has 0 aliphatic carbocycles. The fraction of sp³-hybridized carbons (Fsp3) is 0.0909. The normalized spacial score (nSPS) is 10.0. The van der Waals surface area contributed by atoms with Gasteiger partial charge < -0.3 is 15.0 Å². The molecular weight excluding hydrogens is 242 g/mol. The highest BCUT2D eigenvalue weighted by Crippen LogP contribution is 2.27. The SMILES string of the molecule is COc1ccc(Cl)cc1NC(=O)c1ncc[nH]1. The van der Waals surface area contributed by atoms with Gasteiger partial charge in [-0.15, -0.1) is 0 Å². The average Bonchev–Trinajstić information content (AvgIpc) is 2.83. The van der Waals surface area contributed by atoms with E-state index >= 15 is 0 Å². The van der Waals surface area contributed by atoms with Crippen molar-refractivity contribution in [1.82, 2.24) is 9.97 Å². The zero-order valence-corrected chi connectivity index (χ0v) is 9.78. The molecule has 0 fully saturated rings. The van der Waals surface area contributed by atoms with Crippen molar-refractivity contribution >= 4 is 23.2 Å². The monoisotopic (exact) mass is 251 g/mol. The van der Waals surface area contributed by atoms with Crippen LogP contribution < -0.4 is 10.1 Å². The summed E-state index contributed by atoms with van der Waals surface area (Å²) in [6.07, 6.45) is 3.08. The molecule has 1 aromatic heterocycles. The number of aromatic amines is 1. The lowest BCUT2D eigenvalue weighted by atomic mass is 10.3. The van der Waals surface area contributed by atoms with Crippen molar-refractivity contribution in [3.63, 3.8) is 0 Å². The first-order valence-corrected chi connectivity index (χ1v) is 5.23. The highest BCUT2D eigenvalue weighted by molar-refractivity contribution is 6.31. The van der Waals surface area contributed by atoms with Gasteiger partial charge in [0.05, 0.1) is 12.8 Å². The van der Waals surface area contributed by atoms with Crippen LogP contribution in [0, 0.1) is 0 Å². The van der Waals surface area contributed by atoms with Crippen molar-refractivity contribution in [2.45, 2.75) is 0 Å². The first-order chi connectivity index (χ1) is 8.20. The van der Waals surface area contributed by atoms with Crippen LogP contribution in [0.15, 0.2) is 30.6 Å². The molecule has 0 atom stereocenters. The maximum absolute atomic E-state index is 11.8. The van der Waals surface area contributed by atoms with E-state index in [0.717, 1.165) is 0 Å². The minimum absolute atomic E-state index is 0.229. The summed E-state index contributed by atoms with van der Waals surface area (Å²) >= 11 is 5.85. The first kappa shape index (κ1) is 11.5. The van der Waals surface area contributed by atoms with Crippen LogP contribution in [0.3, 0.4) is 0 Å². The number of aromatic nitrogens is 2. The number of ether oxygens (including phenoxy) is 1. The number of H-pyrrole nitrogens is 1. The third-order valence-electron chi connectivity index (χ3n) is 2.12. The number of carbonyl (C=O) groups excluding carboxylic acids is 1. The maximum Gasteiger partial charge on any atom is 0.291 e.